The summed E-state index contributed by atoms with van der Waals surface area (Å²) in [5.74, 6) is 0.252. The topological polar surface area (TPSA) is 26.8 Å². The van der Waals surface area contributed by atoms with Crippen molar-refractivity contribution in [3.05, 3.63) is 53.8 Å². The molecule has 1 aromatic rings. The molecule has 3 aliphatic rings. The maximum atomic E-state index is 13.0. The Bertz CT molecular complexity index is 740. The van der Waals surface area contributed by atoms with Gasteiger partial charge in [0.15, 0.2) is 0 Å². The summed E-state index contributed by atoms with van der Waals surface area (Å²) in [6.45, 7) is 10.7. The summed E-state index contributed by atoms with van der Waals surface area (Å²) in [6.07, 6.45) is 10.4. The number of nitrogens with zero attached hydrogens (tertiary/aromatic N) is 3. The van der Waals surface area contributed by atoms with Crippen LogP contribution in [0, 0.1) is 0 Å². The molecule has 0 bridgehead atoms. The summed E-state index contributed by atoms with van der Waals surface area (Å²) in [4.78, 5) is 19.9. The molecule has 144 valence electrons. The zero-order chi connectivity index (χ0) is 18.8. The minimum Gasteiger partial charge on any atom is -0.374 e. The maximum absolute atomic E-state index is 13.0. The second-order valence-corrected chi connectivity index (χ2v) is 8.25. The number of piperazine rings is 1. The molecule has 4 heteroatoms. The first-order valence-corrected chi connectivity index (χ1v) is 10.4. The molecule has 2 fully saturated rings. The molecule has 1 saturated heterocycles. The van der Waals surface area contributed by atoms with Crippen molar-refractivity contribution in [3.8, 4) is 0 Å². The molecule has 1 saturated carbocycles. The van der Waals surface area contributed by atoms with Crippen LogP contribution in [0.2, 0.25) is 0 Å². The molecule has 27 heavy (non-hydrogen) atoms. The number of benzene rings is 1. The maximum Gasteiger partial charge on any atom is 0.254 e. The van der Waals surface area contributed by atoms with Crippen molar-refractivity contribution in [2.45, 2.75) is 51.6 Å². The van der Waals surface area contributed by atoms with Gasteiger partial charge in [0.1, 0.15) is 0 Å². The number of fused-ring (bicyclic) bond motifs is 1. The zero-order valence-electron chi connectivity index (χ0n) is 16.5. The van der Waals surface area contributed by atoms with Gasteiger partial charge < -0.3 is 14.7 Å². The zero-order valence-corrected chi connectivity index (χ0v) is 16.5. The first-order valence-electron chi connectivity index (χ1n) is 10.4. The van der Waals surface area contributed by atoms with E-state index in [2.05, 4.69) is 51.8 Å². The summed E-state index contributed by atoms with van der Waals surface area (Å²) in [7, 11) is 0. The fraction of sp³-hybridized carbons (Fsp3) is 0.522. The van der Waals surface area contributed by atoms with Crippen LogP contribution in [0.15, 0.2) is 42.6 Å². The van der Waals surface area contributed by atoms with E-state index in [1.807, 2.05) is 6.92 Å². The van der Waals surface area contributed by atoms with Crippen LogP contribution >= 0.6 is 0 Å². The number of carbonyl (C=O) groups is 1. The number of rotatable bonds is 4. The number of amides is 1. The van der Waals surface area contributed by atoms with Crippen LogP contribution in [-0.4, -0.2) is 47.9 Å². The molecule has 4 nitrogen and oxygen atoms in total. The highest BCUT2D eigenvalue weighted by Crippen LogP contribution is 2.33. The van der Waals surface area contributed by atoms with Crippen molar-refractivity contribution in [3.63, 3.8) is 0 Å². The molecule has 4 rings (SSSR count). The van der Waals surface area contributed by atoms with Gasteiger partial charge in [-0.25, -0.2) is 0 Å². The molecular formula is C23H31N3O. The molecule has 1 aliphatic carbocycles. The minimum absolute atomic E-state index is 0.252. The SMILES string of the molecule is C=C(C)C=CN1CCN(c2ccc3c(c2)C(=O)N(C2CCCCC2)C3)CC1. The van der Waals surface area contributed by atoms with Gasteiger partial charge >= 0.3 is 0 Å². The number of carbonyl (C=O) groups excluding carboxylic acids is 1. The van der Waals surface area contributed by atoms with E-state index in [4.69, 9.17) is 0 Å². The fourth-order valence-electron chi connectivity index (χ4n) is 4.56. The van der Waals surface area contributed by atoms with E-state index in [0.29, 0.717) is 6.04 Å². The van der Waals surface area contributed by atoms with E-state index >= 15 is 0 Å². The van der Waals surface area contributed by atoms with E-state index < -0.39 is 0 Å². The van der Waals surface area contributed by atoms with Gasteiger partial charge in [-0.15, -0.1) is 0 Å². The number of allylic oxidation sites excluding steroid dienone is 2. The lowest BCUT2D eigenvalue weighted by Gasteiger charge is -2.35. The molecule has 0 aromatic heterocycles. The third-order valence-electron chi connectivity index (χ3n) is 6.19. The van der Waals surface area contributed by atoms with Crippen molar-refractivity contribution in [2.24, 2.45) is 0 Å². The second-order valence-electron chi connectivity index (χ2n) is 8.25. The first-order chi connectivity index (χ1) is 13.1. The molecule has 1 aromatic carbocycles. The fourth-order valence-corrected chi connectivity index (χ4v) is 4.56. The van der Waals surface area contributed by atoms with E-state index in [9.17, 15) is 4.79 Å². The lowest BCUT2D eigenvalue weighted by Crippen LogP contribution is -2.44. The van der Waals surface area contributed by atoms with Gasteiger partial charge in [0.2, 0.25) is 0 Å². The summed E-state index contributed by atoms with van der Waals surface area (Å²) >= 11 is 0. The number of hydrogen-bond acceptors (Lipinski definition) is 3. The van der Waals surface area contributed by atoms with E-state index in [-0.39, 0.29) is 5.91 Å². The molecule has 2 aliphatic heterocycles. The summed E-state index contributed by atoms with van der Waals surface area (Å²) < 4.78 is 0. The Hall–Kier alpha value is -2.23. The van der Waals surface area contributed by atoms with Gasteiger partial charge in [0, 0.05) is 50.0 Å². The Morgan fingerprint density at radius 3 is 2.56 bits per heavy atom. The largest absolute Gasteiger partial charge is 0.374 e. The highest BCUT2D eigenvalue weighted by atomic mass is 16.2. The Labute approximate surface area is 163 Å². The van der Waals surface area contributed by atoms with Crippen LogP contribution in [0.1, 0.15) is 54.9 Å². The van der Waals surface area contributed by atoms with Crippen LogP contribution in [0.4, 0.5) is 5.69 Å². The quantitative estimate of drug-likeness (QED) is 0.749. The number of hydrogen-bond donors (Lipinski definition) is 0. The van der Waals surface area contributed by atoms with E-state index in [1.165, 1.54) is 43.4 Å². The number of anilines is 1. The van der Waals surface area contributed by atoms with E-state index in [0.717, 1.165) is 43.9 Å². The van der Waals surface area contributed by atoms with Crippen molar-refractivity contribution in [1.29, 1.82) is 0 Å². The van der Waals surface area contributed by atoms with Gasteiger partial charge in [-0.2, -0.15) is 0 Å². The summed E-state index contributed by atoms with van der Waals surface area (Å²) in [5, 5.41) is 0. The van der Waals surface area contributed by atoms with Gasteiger partial charge in [-0.1, -0.05) is 37.5 Å². The van der Waals surface area contributed by atoms with Crippen LogP contribution in [0.25, 0.3) is 0 Å². The summed E-state index contributed by atoms with van der Waals surface area (Å²) in [5.41, 5.74) is 4.41. The van der Waals surface area contributed by atoms with Crippen molar-refractivity contribution in [1.82, 2.24) is 9.80 Å². The van der Waals surface area contributed by atoms with Crippen molar-refractivity contribution >= 4 is 11.6 Å². The Morgan fingerprint density at radius 1 is 1.11 bits per heavy atom. The predicted molar refractivity (Wildman–Crippen MR) is 111 cm³/mol. The average molecular weight is 366 g/mol. The van der Waals surface area contributed by atoms with Crippen LogP contribution < -0.4 is 4.90 Å². The minimum atomic E-state index is 0.252. The highest BCUT2D eigenvalue weighted by Gasteiger charge is 2.33. The third kappa shape index (κ3) is 3.90. The normalized spacial score (nSPS) is 21.2. The molecule has 0 unspecified atom stereocenters. The van der Waals surface area contributed by atoms with Crippen LogP contribution in [0.5, 0.6) is 0 Å². The van der Waals surface area contributed by atoms with Gasteiger partial charge in [-0.3, -0.25) is 4.79 Å². The lowest BCUT2D eigenvalue weighted by molar-refractivity contribution is 0.0660. The molecular weight excluding hydrogens is 334 g/mol. The van der Waals surface area contributed by atoms with E-state index in [1.54, 1.807) is 0 Å². The Morgan fingerprint density at radius 2 is 1.85 bits per heavy atom. The summed E-state index contributed by atoms with van der Waals surface area (Å²) in [6, 6.07) is 6.97. The highest BCUT2D eigenvalue weighted by molar-refractivity contribution is 5.99. The predicted octanol–water partition coefficient (Wildman–Crippen LogP) is 4.19. The average Bonchev–Trinajstić information content (AvgIpc) is 3.03. The van der Waals surface area contributed by atoms with Crippen molar-refractivity contribution < 1.29 is 4.79 Å². The second kappa shape index (κ2) is 7.79. The molecule has 0 N–H and O–H groups in total. The monoisotopic (exact) mass is 365 g/mol. The smallest absolute Gasteiger partial charge is 0.254 e. The van der Waals surface area contributed by atoms with Gasteiger partial charge in [-0.05, 0) is 49.7 Å². The Kier molecular flexibility index (Phi) is 5.24. The molecule has 1 amide bonds. The third-order valence-corrected chi connectivity index (χ3v) is 6.19. The van der Waals surface area contributed by atoms with Gasteiger partial charge in [0.25, 0.3) is 5.91 Å². The standard InChI is InChI=1S/C23H31N3O/c1-18(2)10-11-24-12-14-25(15-13-24)21-9-8-19-17-26(23(27)22(19)16-21)20-6-4-3-5-7-20/h8-11,16,20H,1,3-7,12-15,17H2,2H3. The van der Waals surface area contributed by atoms with Gasteiger partial charge in [0.05, 0.1) is 0 Å². The lowest BCUT2D eigenvalue weighted by atomic mass is 9.94. The van der Waals surface area contributed by atoms with Crippen molar-refractivity contribution in [2.75, 3.05) is 31.1 Å². The molecule has 2 heterocycles. The van der Waals surface area contributed by atoms with Crippen LogP contribution in [0.3, 0.4) is 0 Å². The first kappa shape index (κ1) is 18.1. The molecule has 0 radical (unpaired) electrons. The Balaban J connectivity index is 1.42. The molecule has 0 spiro atoms. The van der Waals surface area contributed by atoms with Crippen LogP contribution in [-0.2, 0) is 6.54 Å². The molecule has 0 atom stereocenters.